The highest BCUT2D eigenvalue weighted by Gasteiger charge is 2.48. The minimum absolute atomic E-state index is 0.173. The van der Waals surface area contributed by atoms with Crippen molar-refractivity contribution < 1.29 is 24.1 Å². The summed E-state index contributed by atoms with van der Waals surface area (Å²) in [6.07, 6.45) is -2.25. The number of aliphatic hydroxyl groups excluding tert-OH is 1. The van der Waals surface area contributed by atoms with Crippen LogP contribution in [0.15, 0.2) is 30.3 Å². The molecule has 0 aliphatic carbocycles. The lowest BCUT2D eigenvalue weighted by Crippen LogP contribution is -2.60. The van der Waals surface area contributed by atoms with Gasteiger partial charge in [-0.25, -0.2) is 0 Å². The van der Waals surface area contributed by atoms with E-state index in [-0.39, 0.29) is 10.0 Å². The molecule has 1 aromatic rings. The van der Waals surface area contributed by atoms with Gasteiger partial charge in [-0.3, -0.25) is 0 Å². The first kappa shape index (κ1) is 14.7. The first-order chi connectivity index (χ1) is 9.70. The summed E-state index contributed by atoms with van der Waals surface area (Å²) in [5.74, 6) is 0. The number of fused-ring (bicyclic) bond motifs is 1. The van der Waals surface area contributed by atoms with Gasteiger partial charge in [0.15, 0.2) is 12.6 Å². The van der Waals surface area contributed by atoms with Crippen LogP contribution in [0.1, 0.15) is 11.9 Å². The molecule has 0 radical (unpaired) electrons. The van der Waals surface area contributed by atoms with Gasteiger partial charge in [0, 0.05) is 12.7 Å². The van der Waals surface area contributed by atoms with Crippen LogP contribution in [0.25, 0.3) is 0 Å². The van der Waals surface area contributed by atoms with Crippen molar-refractivity contribution in [1.29, 1.82) is 0 Å². The van der Waals surface area contributed by atoms with Gasteiger partial charge in [-0.2, -0.15) is 0 Å². The number of halogens is 1. The molecule has 1 unspecified atom stereocenters. The smallest absolute Gasteiger partial charge is 0.184 e. The molecule has 0 saturated carbocycles. The van der Waals surface area contributed by atoms with Crippen molar-refractivity contribution >= 4 is 22.6 Å². The van der Waals surface area contributed by atoms with Gasteiger partial charge < -0.3 is 24.1 Å². The van der Waals surface area contributed by atoms with Gasteiger partial charge >= 0.3 is 0 Å². The molecule has 0 bridgehead atoms. The molecule has 5 nitrogen and oxygen atoms in total. The minimum atomic E-state index is -0.644. The van der Waals surface area contributed by atoms with Crippen LogP contribution in [-0.4, -0.2) is 47.3 Å². The molecule has 1 N–H and O–H groups in total. The van der Waals surface area contributed by atoms with Gasteiger partial charge in [0.1, 0.15) is 12.2 Å². The van der Waals surface area contributed by atoms with Crippen LogP contribution >= 0.6 is 22.6 Å². The minimum Gasteiger partial charge on any atom is -0.389 e. The quantitative estimate of drug-likeness (QED) is 0.613. The van der Waals surface area contributed by atoms with Crippen LogP contribution in [-0.2, 0) is 18.9 Å². The van der Waals surface area contributed by atoms with E-state index in [1.54, 1.807) is 7.11 Å². The Balaban J connectivity index is 1.74. The first-order valence-electron chi connectivity index (χ1n) is 6.53. The van der Waals surface area contributed by atoms with Crippen LogP contribution in [0.3, 0.4) is 0 Å². The summed E-state index contributed by atoms with van der Waals surface area (Å²) in [4.78, 5) is 0. The van der Waals surface area contributed by atoms with Crippen molar-refractivity contribution in [1.82, 2.24) is 0 Å². The van der Waals surface area contributed by atoms with Crippen LogP contribution in [0.2, 0.25) is 0 Å². The van der Waals surface area contributed by atoms with Crippen molar-refractivity contribution in [2.75, 3.05) is 13.7 Å². The second-order valence-electron chi connectivity index (χ2n) is 4.89. The topological polar surface area (TPSA) is 57.2 Å². The Hall–Kier alpha value is -0.250. The SMILES string of the molecule is CO[C@H]1O[C@@H]2COC(c3ccccc3)O[C@H]2[C@H](O)[C@@H]1I. The molecule has 6 atom stereocenters. The molecule has 2 heterocycles. The van der Waals surface area contributed by atoms with Crippen molar-refractivity contribution in [3.63, 3.8) is 0 Å². The lowest BCUT2D eigenvalue weighted by atomic mass is 10.0. The van der Waals surface area contributed by atoms with Gasteiger partial charge in [-0.1, -0.05) is 52.9 Å². The van der Waals surface area contributed by atoms with E-state index in [0.29, 0.717) is 6.61 Å². The van der Waals surface area contributed by atoms with Crippen LogP contribution in [0, 0.1) is 0 Å². The Morgan fingerprint density at radius 2 is 2.00 bits per heavy atom. The molecule has 0 spiro atoms. The number of hydrogen-bond donors (Lipinski definition) is 1. The molecule has 2 aliphatic rings. The third-order valence-corrected chi connectivity index (χ3v) is 4.92. The maximum absolute atomic E-state index is 10.4. The number of methoxy groups -OCH3 is 1. The van der Waals surface area contributed by atoms with Crippen molar-refractivity contribution in [3.05, 3.63) is 35.9 Å². The second kappa shape index (κ2) is 6.25. The van der Waals surface area contributed by atoms with E-state index in [4.69, 9.17) is 18.9 Å². The maximum Gasteiger partial charge on any atom is 0.184 e. The van der Waals surface area contributed by atoms with E-state index in [1.165, 1.54) is 0 Å². The molecule has 110 valence electrons. The van der Waals surface area contributed by atoms with Gasteiger partial charge in [-0.05, 0) is 0 Å². The summed E-state index contributed by atoms with van der Waals surface area (Å²) in [5, 5.41) is 10.4. The van der Waals surface area contributed by atoms with Gasteiger partial charge in [0.2, 0.25) is 0 Å². The maximum atomic E-state index is 10.4. The molecule has 2 saturated heterocycles. The summed E-state index contributed by atoms with van der Waals surface area (Å²) < 4.78 is 22.4. The average Bonchev–Trinajstić information content (AvgIpc) is 2.51. The zero-order chi connectivity index (χ0) is 14.1. The zero-order valence-electron chi connectivity index (χ0n) is 11.0. The van der Waals surface area contributed by atoms with Crippen molar-refractivity contribution in [3.8, 4) is 0 Å². The molecule has 6 heteroatoms. The fourth-order valence-corrected chi connectivity index (χ4v) is 3.40. The van der Waals surface area contributed by atoms with E-state index < -0.39 is 24.8 Å². The van der Waals surface area contributed by atoms with Crippen LogP contribution < -0.4 is 0 Å². The van der Waals surface area contributed by atoms with Crippen molar-refractivity contribution in [2.45, 2.75) is 34.8 Å². The molecule has 2 fully saturated rings. The third-order valence-electron chi connectivity index (χ3n) is 3.59. The van der Waals surface area contributed by atoms with E-state index >= 15 is 0 Å². The summed E-state index contributed by atoms with van der Waals surface area (Å²) in [7, 11) is 1.57. The van der Waals surface area contributed by atoms with Gasteiger partial charge in [-0.15, -0.1) is 0 Å². The van der Waals surface area contributed by atoms with E-state index in [9.17, 15) is 5.11 Å². The second-order valence-corrected chi connectivity index (χ2v) is 6.33. The number of benzene rings is 1. The average molecular weight is 392 g/mol. The fraction of sp³-hybridized carbons (Fsp3) is 0.571. The van der Waals surface area contributed by atoms with Crippen LogP contribution in [0.5, 0.6) is 0 Å². The Bertz CT molecular complexity index is 440. The van der Waals surface area contributed by atoms with E-state index in [2.05, 4.69) is 22.6 Å². The summed E-state index contributed by atoms with van der Waals surface area (Å²) in [6, 6.07) is 9.70. The number of rotatable bonds is 2. The monoisotopic (exact) mass is 392 g/mol. The van der Waals surface area contributed by atoms with Gasteiger partial charge in [0.25, 0.3) is 0 Å². The predicted octanol–water partition coefficient (Wildman–Crippen LogP) is 1.64. The molecule has 0 amide bonds. The first-order valence-corrected chi connectivity index (χ1v) is 7.77. The largest absolute Gasteiger partial charge is 0.389 e. The fourth-order valence-electron chi connectivity index (χ4n) is 2.52. The number of alkyl halides is 1. The predicted molar refractivity (Wildman–Crippen MR) is 79.5 cm³/mol. The Morgan fingerprint density at radius 1 is 1.25 bits per heavy atom. The third kappa shape index (κ3) is 2.72. The molecular weight excluding hydrogens is 375 g/mol. The molecule has 3 rings (SSSR count). The van der Waals surface area contributed by atoms with E-state index in [0.717, 1.165) is 5.56 Å². The highest BCUT2D eigenvalue weighted by atomic mass is 127. The molecule has 2 aliphatic heterocycles. The molecular formula is C14H17IO5. The summed E-state index contributed by atoms with van der Waals surface area (Å²) in [6.45, 7) is 0.379. The Kier molecular flexibility index (Phi) is 4.58. The highest BCUT2D eigenvalue weighted by Crippen LogP contribution is 2.36. The van der Waals surface area contributed by atoms with Crippen LogP contribution in [0.4, 0.5) is 0 Å². The molecule has 1 aromatic carbocycles. The zero-order valence-corrected chi connectivity index (χ0v) is 13.2. The lowest BCUT2D eigenvalue weighted by Gasteiger charge is -2.46. The molecule has 20 heavy (non-hydrogen) atoms. The summed E-state index contributed by atoms with van der Waals surface area (Å²) in [5.41, 5.74) is 0.942. The number of hydrogen-bond acceptors (Lipinski definition) is 5. The summed E-state index contributed by atoms with van der Waals surface area (Å²) >= 11 is 2.13. The number of aliphatic hydroxyl groups is 1. The molecule has 0 aromatic heterocycles. The Morgan fingerprint density at radius 3 is 2.70 bits per heavy atom. The normalized spacial score (nSPS) is 41.1. The van der Waals surface area contributed by atoms with Gasteiger partial charge in [0.05, 0.1) is 16.6 Å². The standard InChI is InChI=1S/C14H17IO5/c1-17-14-10(15)11(16)12-9(19-14)7-18-13(20-12)8-5-3-2-4-6-8/h2-6,9-14,16H,7H2,1H3/t9-,10+,11-,12-,13?,14+/m1/s1. The Labute approximate surface area is 131 Å². The van der Waals surface area contributed by atoms with E-state index in [1.807, 2.05) is 30.3 Å². The highest BCUT2D eigenvalue weighted by molar-refractivity contribution is 14.1. The lowest BCUT2D eigenvalue weighted by molar-refractivity contribution is -0.330. The number of ether oxygens (including phenoxy) is 4. The van der Waals surface area contributed by atoms with Crippen molar-refractivity contribution in [2.24, 2.45) is 0 Å².